The van der Waals surface area contributed by atoms with Crippen LogP contribution in [0.15, 0.2) is 34.6 Å². The third-order valence-corrected chi connectivity index (χ3v) is 4.39. The average molecular weight is 287 g/mol. The summed E-state index contributed by atoms with van der Waals surface area (Å²) in [6.45, 7) is 3.11. The van der Waals surface area contributed by atoms with Crippen molar-refractivity contribution in [3.63, 3.8) is 0 Å². The topological polar surface area (TPSA) is 40.5 Å². The van der Waals surface area contributed by atoms with Crippen LogP contribution in [-0.2, 0) is 6.42 Å². The molecule has 0 bridgehead atoms. The van der Waals surface area contributed by atoms with Crippen molar-refractivity contribution in [2.75, 3.05) is 6.54 Å². The summed E-state index contributed by atoms with van der Waals surface area (Å²) < 4.78 is 0. The maximum atomic E-state index is 6.03. The number of nitrogens with zero attached hydrogens (tertiary/aromatic N) is 3. The van der Waals surface area contributed by atoms with Crippen molar-refractivity contribution in [3.05, 3.63) is 45.9 Å². The number of aryl methyl sites for hydroxylation is 1. The molecule has 3 aliphatic rings. The number of halogens is 1. The number of aromatic nitrogens is 1. The van der Waals surface area contributed by atoms with Gasteiger partial charge in [0, 0.05) is 35.3 Å². The predicted octanol–water partition coefficient (Wildman–Crippen LogP) is 2.57. The van der Waals surface area contributed by atoms with Crippen molar-refractivity contribution in [2.24, 2.45) is 4.99 Å². The summed E-state index contributed by atoms with van der Waals surface area (Å²) in [6, 6.07) is 1.99. The standard InChI is InChI=1S/C15H15ClN4/c1-9-11-6-13-12-7-17-14(16)5-10(12)3-2-4-20(13)15(11)19-8-18-9/h5-8,15H,2-4H2,1H3,(H,18,19). The predicted molar refractivity (Wildman–Crippen MR) is 80.4 cm³/mol. The van der Waals surface area contributed by atoms with E-state index in [0.29, 0.717) is 5.15 Å². The Morgan fingerprint density at radius 1 is 1.45 bits per heavy atom. The highest BCUT2D eigenvalue weighted by molar-refractivity contribution is 6.29. The van der Waals surface area contributed by atoms with Gasteiger partial charge in [-0.1, -0.05) is 11.6 Å². The van der Waals surface area contributed by atoms with Crippen LogP contribution in [0, 0.1) is 0 Å². The molecular formula is C15H15ClN4. The van der Waals surface area contributed by atoms with Gasteiger partial charge in [-0.05, 0) is 37.5 Å². The monoisotopic (exact) mass is 286 g/mol. The minimum Gasteiger partial charge on any atom is -0.350 e. The summed E-state index contributed by atoms with van der Waals surface area (Å²) >= 11 is 6.03. The second-order valence-corrected chi connectivity index (χ2v) is 5.75. The molecule has 0 spiro atoms. The molecule has 1 aromatic heterocycles. The molecule has 5 heteroatoms. The summed E-state index contributed by atoms with van der Waals surface area (Å²) in [5.74, 6) is 0. The van der Waals surface area contributed by atoms with Crippen LogP contribution in [0.5, 0.6) is 0 Å². The first-order valence-electron chi connectivity index (χ1n) is 6.86. The Balaban J connectivity index is 1.88. The molecule has 0 saturated carbocycles. The number of aliphatic imine (C=N–C) groups is 1. The molecule has 0 fully saturated rings. The summed E-state index contributed by atoms with van der Waals surface area (Å²) in [4.78, 5) is 11.2. The molecule has 3 aliphatic heterocycles. The Morgan fingerprint density at radius 2 is 2.35 bits per heavy atom. The van der Waals surface area contributed by atoms with Crippen LogP contribution in [0.1, 0.15) is 24.5 Å². The number of nitrogens with one attached hydrogen (secondary N) is 1. The van der Waals surface area contributed by atoms with Crippen LogP contribution >= 0.6 is 11.6 Å². The number of allylic oxidation sites excluding steroid dienone is 1. The first-order valence-corrected chi connectivity index (χ1v) is 7.24. The third kappa shape index (κ3) is 1.68. The van der Waals surface area contributed by atoms with Crippen molar-refractivity contribution in [3.8, 4) is 0 Å². The Hall–Kier alpha value is -1.81. The summed E-state index contributed by atoms with van der Waals surface area (Å²) in [5.41, 5.74) is 6.13. The molecule has 0 radical (unpaired) electrons. The lowest BCUT2D eigenvalue weighted by Gasteiger charge is -2.28. The molecule has 20 heavy (non-hydrogen) atoms. The van der Waals surface area contributed by atoms with Crippen LogP contribution in [0.2, 0.25) is 5.15 Å². The molecule has 1 atom stereocenters. The number of hydrogen-bond acceptors (Lipinski definition) is 4. The summed E-state index contributed by atoms with van der Waals surface area (Å²) in [5, 5.41) is 3.76. The smallest absolute Gasteiger partial charge is 0.150 e. The first kappa shape index (κ1) is 12.0. The van der Waals surface area contributed by atoms with Gasteiger partial charge in [0.05, 0.1) is 6.34 Å². The van der Waals surface area contributed by atoms with E-state index in [4.69, 9.17) is 11.6 Å². The molecule has 0 aliphatic carbocycles. The third-order valence-electron chi connectivity index (χ3n) is 4.18. The molecule has 1 unspecified atom stereocenters. The van der Waals surface area contributed by atoms with Gasteiger partial charge in [-0.25, -0.2) is 9.98 Å². The number of pyridine rings is 1. The van der Waals surface area contributed by atoms with E-state index in [1.54, 1.807) is 6.34 Å². The van der Waals surface area contributed by atoms with Crippen LogP contribution in [-0.4, -0.2) is 28.9 Å². The van der Waals surface area contributed by atoms with E-state index >= 15 is 0 Å². The van der Waals surface area contributed by atoms with Crippen molar-refractivity contribution < 1.29 is 0 Å². The van der Waals surface area contributed by atoms with Crippen LogP contribution in [0.3, 0.4) is 0 Å². The molecule has 102 valence electrons. The molecular weight excluding hydrogens is 272 g/mol. The van der Waals surface area contributed by atoms with Gasteiger partial charge in [-0.3, -0.25) is 0 Å². The fraction of sp³-hybridized carbons (Fsp3) is 0.333. The van der Waals surface area contributed by atoms with Gasteiger partial charge in [-0.15, -0.1) is 0 Å². The van der Waals surface area contributed by atoms with E-state index < -0.39 is 0 Å². The maximum Gasteiger partial charge on any atom is 0.150 e. The van der Waals surface area contributed by atoms with Gasteiger partial charge in [-0.2, -0.15) is 0 Å². The first-order chi connectivity index (χ1) is 9.74. The van der Waals surface area contributed by atoms with E-state index in [-0.39, 0.29) is 6.17 Å². The zero-order valence-electron chi connectivity index (χ0n) is 11.2. The largest absolute Gasteiger partial charge is 0.350 e. The lowest BCUT2D eigenvalue weighted by Crippen LogP contribution is -2.33. The number of fused-ring (bicyclic) bond motifs is 5. The highest BCUT2D eigenvalue weighted by atomic mass is 35.5. The van der Waals surface area contributed by atoms with Crippen molar-refractivity contribution in [1.82, 2.24) is 15.2 Å². The highest BCUT2D eigenvalue weighted by Gasteiger charge is 2.34. The van der Waals surface area contributed by atoms with Crippen molar-refractivity contribution >= 4 is 23.6 Å². The Kier molecular flexibility index (Phi) is 2.60. The van der Waals surface area contributed by atoms with Crippen LogP contribution in [0.4, 0.5) is 0 Å². The number of rotatable bonds is 0. The van der Waals surface area contributed by atoms with Crippen molar-refractivity contribution in [2.45, 2.75) is 25.9 Å². The normalized spacial score (nSPS) is 23.6. The van der Waals surface area contributed by atoms with E-state index in [1.807, 2.05) is 12.3 Å². The van der Waals surface area contributed by atoms with Crippen LogP contribution in [0.25, 0.3) is 5.70 Å². The zero-order valence-corrected chi connectivity index (χ0v) is 12.0. The SMILES string of the molecule is CC1=C2C=C3c4cnc(Cl)cc4CCCN3C2N=CN1. The Labute approximate surface area is 122 Å². The molecule has 1 N–H and O–H groups in total. The second-order valence-electron chi connectivity index (χ2n) is 5.37. The Bertz CT molecular complexity index is 674. The zero-order chi connectivity index (χ0) is 13.7. The molecule has 0 amide bonds. The molecule has 4 nitrogen and oxygen atoms in total. The fourth-order valence-electron chi connectivity index (χ4n) is 3.18. The lowest BCUT2D eigenvalue weighted by atomic mass is 10.0. The van der Waals surface area contributed by atoms with Crippen molar-refractivity contribution in [1.29, 1.82) is 0 Å². The summed E-state index contributed by atoms with van der Waals surface area (Å²) in [6.07, 6.45) is 8.20. The van der Waals surface area contributed by atoms with E-state index in [1.165, 1.54) is 28.1 Å². The summed E-state index contributed by atoms with van der Waals surface area (Å²) in [7, 11) is 0. The minimum atomic E-state index is 0.118. The van der Waals surface area contributed by atoms with E-state index in [0.717, 1.165) is 19.4 Å². The van der Waals surface area contributed by atoms with E-state index in [2.05, 4.69) is 33.2 Å². The fourth-order valence-corrected chi connectivity index (χ4v) is 3.36. The van der Waals surface area contributed by atoms with Gasteiger partial charge in [0.15, 0.2) is 6.17 Å². The van der Waals surface area contributed by atoms with Crippen LogP contribution < -0.4 is 5.32 Å². The minimum absolute atomic E-state index is 0.118. The van der Waals surface area contributed by atoms with Gasteiger partial charge in [0.1, 0.15) is 5.15 Å². The second kappa shape index (κ2) is 4.35. The molecule has 0 aromatic carbocycles. The number of hydrogen-bond donors (Lipinski definition) is 1. The average Bonchev–Trinajstić information content (AvgIpc) is 2.71. The Morgan fingerprint density at radius 3 is 3.25 bits per heavy atom. The van der Waals surface area contributed by atoms with Gasteiger partial charge >= 0.3 is 0 Å². The van der Waals surface area contributed by atoms with E-state index in [9.17, 15) is 0 Å². The molecule has 4 heterocycles. The highest BCUT2D eigenvalue weighted by Crippen LogP contribution is 2.39. The quantitative estimate of drug-likeness (QED) is 0.745. The maximum absolute atomic E-state index is 6.03. The van der Waals surface area contributed by atoms with Gasteiger partial charge in [0.2, 0.25) is 0 Å². The molecule has 0 saturated heterocycles. The molecule has 1 aromatic rings. The van der Waals surface area contributed by atoms with Gasteiger partial charge < -0.3 is 10.2 Å². The molecule has 4 rings (SSSR count). The van der Waals surface area contributed by atoms with Gasteiger partial charge in [0.25, 0.3) is 0 Å². The lowest BCUT2D eigenvalue weighted by molar-refractivity contribution is 0.349.